The van der Waals surface area contributed by atoms with E-state index >= 15 is 0 Å². The molecule has 1 aromatic rings. The van der Waals surface area contributed by atoms with Crippen LogP contribution in [0.5, 0.6) is 0 Å². The Bertz CT molecular complexity index is 506. The Hall–Kier alpha value is -1.48. The van der Waals surface area contributed by atoms with Crippen molar-refractivity contribution in [3.63, 3.8) is 0 Å². The van der Waals surface area contributed by atoms with Gasteiger partial charge in [-0.25, -0.2) is 22.1 Å². The van der Waals surface area contributed by atoms with Gasteiger partial charge in [0.2, 0.25) is 16.0 Å². The molecular weight excluding hydrogens is 261 g/mol. The first-order valence-electron chi connectivity index (χ1n) is 5.21. The number of hydrogen-bond donors (Lipinski definition) is 2. The summed E-state index contributed by atoms with van der Waals surface area (Å²) in [5.74, 6) is -0.535. The van der Waals surface area contributed by atoms with Crippen molar-refractivity contribution in [2.75, 3.05) is 44.1 Å². The topological polar surface area (TPSA) is 87.2 Å². The molecule has 0 bridgehead atoms. The second kappa shape index (κ2) is 5.91. The van der Waals surface area contributed by atoms with Crippen LogP contribution in [0.4, 0.5) is 16.2 Å². The standard InChI is InChI=1S/C9H16FN5O2S/c1-11-9-13-6-7(10)8(14-9)12-4-5-18(16,17)15(2)3/h6H,4-5H2,1-3H3,(H2,11,12,13,14). The van der Waals surface area contributed by atoms with E-state index in [1.165, 1.54) is 14.1 Å². The van der Waals surface area contributed by atoms with Crippen LogP contribution in [0.15, 0.2) is 6.20 Å². The van der Waals surface area contributed by atoms with E-state index < -0.39 is 15.8 Å². The normalized spacial score (nSPS) is 11.6. The fourth-order valence-electron chi connectivity index (χ4n) is 1.09. The maximum absolute atomic E-state index is 13.3. The van der Waals surface area contributed by atoms with Crippen LogP contribution in [-0.2, 0) is 10.0 Å². The van der Waals surface area contributed by atoms with Crippen LogP contribution < -0.4 is 10.6 Å². The molecule has 0 saturated carbocycles. The minimum Gasteiger partial charge on any atom is -0.366 e. The van der Waals surface area contributed by atoms with E-state index in [9.17, 15) is 12.8 Å². The highest BCUT2D eigenvalue weighted by atomic mass is 32.2. The van der Waals surface area contributed by atoms with E-state index in [4.69, 9.17) is 0 Å². The number of nitrogens with one attached hydrogen (secondary N) is 2. The molecule has 0 atom stereocenters. The van der Waals surface area contributed by atoms with Gasteiger partial charge in [0.15, 0.2) is 11.6 Å². The average molecular weight is 277 g/mol. The Morgan fingerprint density at radius 1 is 1.44 bits per heavy atom. The third-order valence-electron chi connectivity index (χ3n) is 2.18. The van der Waals surface area contributed by atoms with Gasteiger partial charge in [0.1, 0.15) is 0 Å². The highest BCUT2D eigenvalue weighted by Gasteiger charge is 2.13. The Morgan fingerprint density at radius 2 is 2.11 bits per heavy atom. The Morgan fingerprint density at radius 3 is 2.67 bits per heavy atom. The Balaban J connectivity index is 2.64. The molecule has 0 unspecified atom stereocenters. The molecule has 2 N–H and O–H groups in total. The first-order chi connectivity index (χ1) is 8.36. The lowest BCUT2D eigenvalue weighted by molar-refractivity contribution is 0.521. The van der Waals surface area contributed by atoms with Gasteiger partial charge in [-0.2, -0.15) is 4.98 Å². The van der Waals surface area contributed by atoms with Gasteiger partial charge < -0.3 is 10.6 Å². The quantitative estimate of drug-likeness (QED) is 0.759. The summed E-state index contributed by atoms with van der Waals surface area (Å²) in [6.45, 7) is 0.0671. The number of rotatable bonds is 6. The molecule has 0 aliphatic carbocycles. The zero-order valence-corrected chi connectivity index (χ0v) is 11.3. The van der Waals surface area contributed by atoms with Gasteiger partial charge in [0.25, 0.3) is 0 Å². The summed E-state index contributed by atoms with van der Waals surface area (Å²) in [5.41, 5.74) is 0. The lowest BCUT2D eigenvalue weighted by atomic mass is 10.5. The second-order valence-electron chi connectivity index (χ2n) is 3.67. The summed E-state index contributed by atoms with van der Waals surface area (Å²) in [5, 5.41) is 5.29. The third kappa shape index (κ3) is 3.77. The Labute approximate surface area is 105 Å². The van der Waals surface area contributed by atoms with Crippen LogP contribution >= 0.6 is 0 Å². The fraction of sp³-hybridized carbons (Fsp3) is 0.556. The second-order valence-corrected chi connectivity index (χ2v) is 5.97. The van der Waals surface area contributed by atoms with Gasteiger partial charge in [-0.3, -0.25) is 0 Å². The smallest absolute Gasteiger partial charge is 0.224 e. The minimum atomic E-state index is -3.31. The van der Waals surface area contributed by atoms with Crippen LogP contribution in [0.3, 0.4) is 0 Å². The van der Waals surface area contributed by atoms with Crippen molar-refractivity contribution in [1.82, 2.24) is 14.3 Å². The molecule has 0 aromatic carbocycles. The van der Waals surface area contributed by atoms with Crippen molar-refractivity contribution in [3.8, 4) is 0 Å². The number of hydrogen-bond acceptors (Lipinski definition) is 6. The number of halogens is 1. The van der Waals surface area contributed by atoms with Crippen molar-refractivity contribution in [3.05, 3.63) is 12.0 Å². The predicted molar refractivity (Wildman–Crippen MR) is 67.5 cm³/mol. The monoisotopic (exact) mass is 277 g/mol. The highest BCUT2D eigenvalue weighted by molar-refractivity contribution is 7.89. The molecule has 9 heteroatoms. The van der Waals surface area contributed by atoms with Crippen molar-refractivity contribution < 1.29 is 12.8 Å². The molecule has 0 aliphatic rings. The number of anilines is 2. The molecule has 1 rings (SSSR count). The summed E-state index contributed by atoms with van der Waals surface area (Å²) >= 11 is 0. The van der Waals surface area contributed by atoms with Gasteiger partial charge in [-0.1, -0.05) is 0 Å². The number of nitrogens with zero attached hydrogens (tertiary/aromatic N) is 3. The minimum absolute atomic E-state index is 0.0247. The van der Waals surface area contributed by atoms with E-state index in [0.717, 1.165) is 10.5 Å². The van der Waals surface area contributed by atoms with Gasteiger partial charge in [0.05, 0.1) is 11.9 Å². The third-order valence-corrected chi connectivity index (χ3v) is 4.01. The molecule has 0 amide bonds. The zero-order chi connectivity index (χ0) is 13.8. The molecule has 0 radical (unpaired) electrons. The van der Waals surface area contributed by atoms with Crippen molar-refractivity contribution in [2.45, 2.75) is 0 Å². The molecule has 0 aliphatic heterocycles. The molecule has 18 heavy (non-hydrogen) atoms. The van der Waals surface area contributed by atoms with Gasteiger partial charge in [0, 0.05) is 27.7 Å². The molecule has 1 aromatic heterocycles. The first kappa shape index (κ1) is 14.6. The maximum atomic E-state index is 13.3. The molecule has 0 spiro atoms. The number of sulfonamides is 1. The van der Waals surface area contributed by atoms with E-state index in [1.54, 1.807) is 7.05 Å². The van der Waals surface area contributed by atoms with Crippen molar-refractivity contribution in [1.29, 1.82) is 0 Å². The van der Waals surface area contributed by atoms with Gasteiger partial charge >= 0.3 is 0 Å². The first-order valence-corrected chi connectivity index (χ1v) is 6.82. The zero-order valence-electron chi connectivity index (χ0n) is 10.4. The van der Waals surface area contributed by atoms with E-state index in [0.29, 0.717) is 0 Å². The van der Waals surface area contributed by atoms with Crippen molar-refractivity contribution in [2.24, 2.45) is 0 Å². The Kier molecular flexibility index (Phi) is 4.79. The molecule has 102 valence electrons. The fourth-order valence-corrected chi connectivity index (χ4v) is 1.82. The SMILES string of the molecule is CNc1ncc(F)c(NCCS(=O)(=O)N(C)C)n1. The van der Waals surface area contributed by atoms with Crippen LogP contribution in [0, 0.1) is 5.82 Å². The highest BCUT2D eigenvalue weighted by Crippen LogP contribution is 2.11. The van der Waals surface area contributed by atoms with Crippen LogP contribution in [0.2, 0.25) is 0 Å². The molecule has 0 fully saturated rings. The predicted octanol–water partition coefficient (Wildman–Crippen LogP) is -0.0393. The molecule has 7 nitrogen and oxygen atoms in total. The lowest BCUT2D eigenvalue weighted by Crippen LogP contribution is -2.28. The van der Waals surface area contributed by atoms with Crippen molar-refractivity contribution >= 4 is 21.8 Å². The molecular formula is C9H16FN5O2S. The van der Waals surface area contributed by atoms with E-state index in [1.807, 2.05) is 0 Å². The largest absolute Gasteiger partial charge is 0.366 e. The van der Waals surface area contributed by atoms with Crippen LogP contribution in [0.25, 0.3) is 0 Å². The molecule has 1 heterocycles. The van der Waals surface area contributed by atoms with Gasteiger partial charge in [-0.05, 0) is 0 Å². The molecule has 0 saturated heterocycles. The number of aromatic nitrogens is 2. The van der Waals surface area contributed by atoms with E-state index in [-0.39, 0.29) is 24.1 Å². The summed E-state index contributed by atoms with van der Waals surface area (Å²) in [6, 6.07) is 0. The van der Waals surface area contributed by atoms with Crippen LogP contribution in [-0.4, -0.2) is 56.1 Å². The summed E-state index contributed by atoms with van der Waals surface area (Å²) in [6.07, 6.45) is 1.02. The maximum Gasteiger partial charge on any atom is 0.224 e. The van der Waals surface area contributed by atoms with Crippen LogP contribution in [0.1, 0.15) is 0 Å². The summed E-state index contributed by atoms with van der Waals surface area (Å²) < 4.78 is 37.4. The average Bonchev–Trinajstić information content (AvgIpc) is 2.31. The van der Waals surface area contributed by atoms with Gasteiger partial charge in [-0.15, -0.1) is 0 Å². The summed E-state index contributed by atoms with van der Waals surface area (Å²) in [4.78, 5) is 7.52. The lowest BCUT2D eigenvalue weighted by Gasteiger charge is -2.12. The summed E-state index contributed by atoms with van der Waals surface area (Å²) in [7, 11) is 1.19. The van der Waals surface area contributed by atoms with E-state index in [2.05, 4.69) is 20.6 Å².